The highest BCUT2D eigenvalue weighted by Crippen LogP contribution is 2.16. The first-order chi connectivity index (χ1) is 24.5. The number of hydrogen-bond donors (Lipinski definition) is 2. The van der Waals surface area contributed by atoms with E-state index in [1.165, 1.54) is 147 Å². The largest absolute Gasteiger partial charge is 0.353 e. The van der Waals surface area contributed by atoms with Gasteiger partial charge in [-0.15, -0.1) is 0 Å². The number of nitrogens with one attached hydrogen (secondary N) is 2. The molecule has 1 aromatic rings. The summed E-state index contributed by atoms with van der Waals surface area (Å²) in [4.78, 5) is 25.0. The minimum atomic E-state index is 0.102. The van der Waals surface area contributed by atoms with Crippen molar-refractivity contribution >= 4 is 11.8 Å². The molecule has 1 atom stereocenters. The van der Waals surface area contributed by atoms with Crippen LogP contribution in [0.1, 0.15) is 219 Å². The van der Waals surface area contributed by atoms with Crippen LogP contribution in [0.25, 0.3) is 0 Å². The third kappa shape index (κ3) is 28.4. The van der Waals surface area contributed by atoms with Gasteiger partial charge in [-0.3, -0.25) is 9.59 Å². The van der Waals surface area contributed by atoms with Crippen LogP contribution in [-0.4, -0.2) is 24.4 Å². The number of carbonyl (C=O) groups excluding carboxylic acids is 2. The zero-order valence-corrected chi connectivity index (χ0v) is 33.5. The first kappa shape index (κ1) is 45.7. The van der Waals surface area contributed by atoms with Crippen molar-refractivity contribution in [3.8, 4) is 11.8 Å². The van der Waals surface area contributed by atoms with E-state index < -0.39 is 0 Å². The van der Waals surface area contributed by atoms with Gasteiger partial charge in [0, 0.05) is 24.4 Å². The maximum Gasteiger partial charge on any atom is 0.220 e. The van der Waals surface area contributed by atoms with E-state index in [2.05, 4.69) is 62.3 Å². The van der Waals surface area contributed by atoms with E-state index >= 15 is 0 Å². The molecule has 4 heteroatoms. The van der Waals surface area contributed by atoms with E-state index in [-0.39, 0.29) is 17.9 Å². The van der Waals surface area contributed by atoms with Crippen molar-refractivity contribution in [1.82, 2.24) is 10.6 Å². The molecule has 0 radical (unpaired) electrons. The fourth-order valence-electron chi connectivity index (χ4n) is 6.75. The Hall–Kier alpha value is -2.28. The first-order valence-corrected chi connectivity index (χ1v) is 21.6. The summed E-state index contributed by atoms with van der Waals surface area (Å²) in [5.41, 5.74) is 2.14. The fraction of sp³-hybridized carbons (Fsp3) is 0.783. The summed E-state index contributed by atoms with van der Waals surface area (Å²) in [6, 6.07) is 8.41. The minimum absolute atomic E-state index is 0.102. The summed E-state index contributed by atoms with van der Waals surface area (Å²) < 4.78 is 0. The highest BCUT2D eigenvalue weighted by atomic mass is 16.2. The highest BCUT2D eigenvalue weighted by Gasteiger charge is 2.17. The van der Waals surface area contributed by atoms with Crippen LogP contribution in [0.2, 0.25) is 0 Å². The van der Waals surface area contributed by atoms with Gasteiger partial charge in [0.25, 0.3) is 0 Å². The molecular formula is C46H80N2O2. The van der Waals surface area contributed by atoms with Crippen molar-refractivity contribution in [1.29, 1.82) is 0 Å². The van der Waals surface area contributed by atoms with Crippen LogP contribution in [0.3, 0.4) is 0 Å². The van der Waals surface area contributed by atoms with E-state index in [1.54, 1.807) is 0 Å². The Morgan fingerprint density at radius 2 is 1.00 bits per heavy atom. The molecule has 0 unspecified atom stereocenters. The highest BCUT2D eigenvalue weighted by molar-refractivity contribution is 5.76. The summed E-state index contributed by atoms with van der Waals surface area (Å²) in [5, 5.41) is 6.28. The van der Waals surface area contributed by atoms with Gasteiger partial charge in [0.15, 0.2) is 0 Å². The third-order valence-corrected chi connectivity index (χ3v) is 10.2. The molecule has 0 bridgehead atoms. The zero-order valence-electron chi connectivity index (χ0n) is 33.5. The minimum Gasteiger partial charge on any atom is -0.353 e. The molecule has 0 heterocycles. The normalized spacial score (nSPS) is 11.7. The van der Waals surface area contributed by atoms with Crippen molar-refractivity contribution in [3.63, 3.8) is 0 Å². The molecule has 4 nitrogen and oxygen atoms in total. The Kier molecular flexibility index (Phi) is 31.0. The Labute approximate surface area is 310 Å². The molecule has 286 valence electrons. The molecule has 0 aromatic heterocycles. The van der Waals surface area contributed by atoms with Gasteiger partial charge in [-0.25, -0.2) is 0 Å². The fourth-order valence-corrected chi connectivity index (χ4v) is 6.75. The lowest BCUT2D eigenvalue weighted by Crippen LogP contribution is -2.40. The van der Waals surface area contributed by atoms with Crippen molar-refractivity contribution in [2.75, 3.05) is 6.54 Å². The van der Waals surface area contributed by atoms with Gasteiger partial charge in [-0.2, -0.15) is 0 Å². The smallest absolute Gasteiger partial charge is 0.220 e. The molecule has 1 rings (SSSR count). The van der Waals surface area contributed by atoms with Crippen LogP contribution in [0.15, 0.2) is 24.3 Å². The van der Waals surface area contributed by atoms with Gasteiger partial charge in [-0.05, 0) is 42.9 Å². The molecule has 0 aliphatic rings. The Morgan fingerprint density at radius 1 is 0.580 bits per heavy atom. The molecular weight excluding hydrogens is 613 g/mol. The van der Waals surface area contributed by atoms with Crippen molar-refractivity contribution in [2.24, 2.45) is 5.92 Å². The number of carbonyl (C=O) groups is 2. The molecule has 1 aromatic carbocycles. The molecule has 0 saturated carbocycles. The van der Waals surface area contributed by atoms with Crippen LogP contribution >= 0.6 is 0 Å². The Bertz CT molecular complexity index is 1010. The second kappa shape index (κ2) is 33.8. The van der Waals surface area contributed by atoms with Gasteiger partial charge < -0.3 is 10.6 Å². The number of benzene rings is 1. The Morgan fingerprint density at radius 3 is 1.44 bits per heavy atom. The van der Waals surface area contributed by atoms with Gasteiger partial charge >= 0.3 is 0 Å². The predicted molar refractivity (Wildman–Crippen MR) is 217 cm³/mol. The van der Waals surface area contributed by atoms with Crippen LogP contribution in [-0.2, 0) is 16.0 Å². The van der Waals surface area contributed by atoms with Gasteiger partial charge in [0.05, 0.1) is 6.54 Å². The van der Waals surface area contributed by atoms with Crippen molar-refractivity contribution < 1.29 is 9.59 Å². The topological polar surface area (TPSA) is 58.2 Å². The summed E-state index contributed by atoms with van der Waals surface area (Å²) in [6.07, 6.45) is 36.2. The second-order valence-corrected chi connectivity index (χ2v) is 15.4. The van der Waals surface area contributed by atoms with E-state index in [1.807, 2.05) is 12.1 Å². The summed E-state index contributed by atoms with van der Waals surface area (Å²) >= 11 is 0. The first-order valence-electron chi connectivity index (χ1n) is 21.6. The number of amides is 2. The lowest BCUT2D eigenvalue weighted by Gasteiger charge is -2.23. The molecule has 2 amide bonds. The van der Waals surface area contributed by atoms with E-state index in [0.29, 0.717) is 25.3 Å². The molecule has 2 N–H and O–H groups in total. The lowest BCUT2D eigenvalue weighted by atomic mass is 9.95. The van der Waals surface area contributed by atoms with Crippen molar-refractivity contribution in [3.05, 3.63) is 35.4 Å². The molecule has 0 fully saturated rings. The van der Waals surface area contributed by atoms with Gasteiger partial charge in [-0.1, -0.05) is 206 Å². The lowest BCUT2D eigenvalue weighted by molar-refractivity contribution is -0.122. The predicted octanol–water partition coefficient (Wildman–Crippen LogP) is 12.8. The SMILES string of the molecule is CCCCCCCCCCCCCCCC(=O)NCC#Cc1cccc(C[C@H](NC(=O)CCCCCCCCCCCCCCC)C(C)C)c1. The summed E-state index contributed by atoms with van der Waals surface area (Å²) in [5.74, 6) is 6.97. The van der Waals surface area contributed by atoms with Crippen LogP contribution in [0.5, 0.6) is 0 Å². The average Bonchev–Trinajstić information content (AvgIpc) is 3.10. The van der Waals surface area contributed by atoms with Gasteiger partial charge in [0.1, 0.15) is 0 Å². The molecule has 0 saturated heterocycles. The third-order valence-electron chi connectivity index (χ3n) is 10.2. The van der Waals surface area contributed by atoms with E-state index in [9.17, 15) is 9.59 Å². The maximum absolute atomic E-state index is 12.8. The van der Waals surface area contributed by atoms with E-state index in [0.717, 1.165) is 37.7 Å². The molecule has 50 heavy (non-hydrogen) atoms. The van der Waals surface area contributed by atoms with Gasteiger partial charge in [0.2, 0.25) is 11.8 Å². The summed E-state index contributed by atoms with van der Waals surface area (Å²) in [7, 11) is 0. The monoisotopic (exact) mass is 693 g/mol. The Balaban J connectivity index is 2.17. The number of unbranched alkanes of at least 4 members (excludes halogenated alkanes) is 24. The van der Waals surface area contributed by atoms with E-state index in [4.69, 9.17) is 0 Å². The average molecular weight is 693 g/mol. The van der Waals surface area contributed by atoms with Crippen molar-refractivity contribution in [2.45, 2.75) is 220 Å². The number of rotatable bonds is 33. The number of hydrogen-bond acceptors (Lipinski definition) is 2. The quantitative estimate of drug-likeness (QED) is 0.0569. The molecule has 0 aliphatic heterocycles. The maximum atomic E-state index is 12.8. The molecule has 0 aliphatic carbocycles. The van der Waals surface area contributed by atoms with Crippen LogP contribution in [0.4, 0.5) is 0 Å². The van der Waals surface area contributed by atoms with Crippen LogP contribution in [0, 0.1) is 17.8 Å². The second-order valence-electron chi connectivity index (χ2n) is 15.4. The summed E-state index contributed by atoms with van der Waals surface area (Å²) in [6.45, 7) is 9.30. The standard InChI is InChI=1S/C46H80N2O2/c1-5-7-9-11-13-15-17-19-21-23-25-27-29-36-45(49)47-38-32-35-42-33-31-34-43(39-42)40-44(41(3)4)48-46(50)37-30-28-26-24-22-20-18-16-14-12-10-8-6-2/h31,33-34,39,41,44H,5-30,36-38,40H2,1-4H3,(H,47,49)(H,48,50)/t44-/m0/s1. The molecule has 0 spiro atoms. The van der Waals surface area contributed by atoms with Crippen LogP contribution < -0.4 is 10.6 Å². The zero-order chi connectivity index (χ0) is 36.3.